The van der Waals surface area contributed by atoms with Crippen molar-refractivity contribution >= 4 is 0 Å². The first kappa shape index (κ1) is 13.3. The monoisotopic (exact) mass is 258 g/mol. The summed E-state index contributed by atoms with van der Waals surface area (Å²) >= 11 is 0. The minimum atomic E-state index is -0.00213. The van der Waals surface area contributed by atoms with E-state index in [2.05, 4.69) is 20.8 Å². The zero-order chi connectivity index (χ0) is 14.0. The number of hydrogen-bond donors (Lipinski definition) is 2. The third-order valence-corrected chi connectivity index (χ3v) is 2.89. The third kappa shape index (κ3) is 3.19. The number of aromatic hydroxyl groups is 2. The average Bonchev–Trinajstić information content (AvgIpc) is 2.33. The van der Waals surface area contributed by atoms with Crippen LogP contribution in [0, 0.1) is 0 Å². The van der Waals surface area contributed by atoms with E-state index in [-0.39, 0.29) is 22.7 Å². The Hall–Kier alpha value is -2.16. The lowest BCUT2D eigenvalue weighted by molar-refractivity contribution is 0.403. The van der Waals surface area contributed by atoms with Crippen molar-refractivity contribution in [2.45, 2.75) is 26.2 Å². The van der Waals surface area contributed by atoms with Crippen LogP contribution < -0.4 is 4.74 Å². The predicted octanol–water partition coefficient (Wildman–Crippen LogP) is 4.19. The molecule has 0 heterocycles. The largest absolute Gasteiger partial charge is 0.508 e. The van der Waals surface area contributed by atoms with Gasteiger partial charge in [0.1, 0.15) is 11.5 Å². The van der Waals surface area contributed by atoms with Gasteiger partial charge in [0.25, 0.3) is 0 Å². The van der Waals surface area contributed by atoms with Crippen LogP contribution in [0.3, 0.4) is 0 Å². The zero-order valence-electron chi connectivity index (χ0n) is 11.3. The minimum absolute atomic E-state index is 0.00213. The summed E-state index contributed by atoms with van der Waals surface area (Å²) in [5.41, 5.74) is 1.30. The van der Waals surface area contributed by atoms with Gasteiger partial charge in [-0.25, -0.2) is 0 Å². The van der Waals surface area contributed by atoms with Gasteiger partial charge in [-0.2, -0.15) is 0 Å². The molecule has 100 valence electrons. The molecule has 0 unspecified atom stereocenters. The highest BCUT2D eigenvalue weighted by Gasteiger charge is 2.13. The summed E-state index contributed by atoms with van der Waals surface area (Å²) in [6.07, 6.45) is 0. The van der Waals surface area contributed by atoms with Crippen molar-refractivity contribution in [2.24, 2.45) is 0 Å². The SMILES string of the molecule is CC(C)(C)c1ccc(Oc2cc(O)ccc2O)cc1. The normalized spacial score (nSPS) is 11.3. The molecule has 3 heteroatoms. The van der Waals surface area contributed by atoms with Crippen molar-refractivity contribution in [3.8, 4) is 23.0 Å². The van der Waals surface area contributed by atoms with Crippen LogP contribution in [-0.4, -0.2) is 10.2 Å². The fourth-order valence-electron chi connectivity index (χ4n) is 1.73. The van der Waals surface area contributed by atoms with Gasteiger partial charge in [0.05, 0.1) is 0 Å². The smallest absolute Gasteiger partial charge is 0.172 e. The Morgan fingerprint density at radius 2 is 1.53 bits per heavy atom. The first-order valence-corrected chi connectivity index (χ1v) is 6.16. The van der Waals surface area contributed by atoms with Crippen molar-refractivity contribution in [3.05, 3.63) is 48.0 Å². The second-order valence-electron chi connectivity index (χ2n) is 5.53. The van der Waals surface area contributed by atoms with Crippen LogP contribution >= 0.6 is 0 Å². The standard InChI is InChI=1S/C16H18O3/c1-16(2,3)11-4-7-13(8-5-11)19-15-10-12(17)6-9-14(15)18/h4-10,17-18H,1-3H3. The van der Waals surface area contributed by atoms with Crippen molar-refractivity contribution in [2.75, 3.05) is 0 Å². The van der Waals surface area contributed by atoms with Gasteiger partial charge in [-0.3, -0.25) is 0 Å². The molecule has 0 saturated carbocycles. The second-order valence-corrected chi connectivity index (χ2v) is 5.53. The van der Waals surface area contributed by atoms with Crippen molar-refractivity contribution < 1.29 is 14.9 Å². The van der Waals surface area contributed by atoms with E-state index < -0.39 is 0 Å². The van der Waals surface area contributed by atoms with E-state index in [1.54, 1.807) is 0 Å². The van der Waals surface area contributed by atoms with Crippen LogP contribution in [0.15, 0.2) is 42.5 Å². The number of phenols is 2. The summed E-state index contributed by atoms with van der Waals surface area (Å²) < 4.78 is 5.55. The first-order valence-electron chi connectivity index (χ1n) is 6.16. The van der Waals surface area contributed by atoms with Crippen molar-refractivity contribution in [1.82, 2.24) is 0 Å². The van der Waals surface area contributed by atoms with Gasteiger partial charge in [0.2, 0.25) is 0 Å². The molecule has 2 rings (SSSR count). The molecule has 0 radical (unpaired) electrons. The van der Waals surface area contributed by atoms with Gasteiger partial charge < -0.3 is 14.9 Å². The van der Waals surface area contributed by atoms with Crippen LogP contribution in [0.5, 0.6) is 23.0 Å². The molecule has 0 aliphatic carbocycles. The first-order chi connectivity index (χ1) is 8.86. The summed E-state index contributed by atoms with van der Waals surface area (Å²) in [5.74, 6) is 0.911. The van der Waals surface area contributed by atoms with E-state index in [1.165, 1.54) is 23.8 Å². The highest BCUT2D eigenvalue weighted by atomic mass is 16.5. The zero-order valence-corrected chi connectivity index (χ0v) is 11.3. The van der Waals surface area contributed by atoms with E-state index in [9.17, 15) is 10.2 Å². The Morgan fingerprint density at radius 1 is 0.895 bits per heavy atom. The molecule has 19 heavy (non-hydrogen) atoms. The molecule has 2 aromatic rings. The highest BCUT2D eigenvalue weighted by Crippen LogP contribution is 2.34. The van der Waals surface area contributed by atoms with E-state index >= 15 is 0 Å². The lowest BCUT2D eigenvalue weighted by atomic mass is 9.87. The lowest BCUT2D eigenvalue weighted by Crippen LogP contribution is -2.10. The fraction of sp³-hybridized carbons (Fsp3) is 0.250. The van der Waals surface area contributed by atoms with Gasteiger partial charge in [-0.05, 0) is 35.2 Å². The molecule has 0 amide bonds. The van der Waals surface area contributed by atoms with Gasteiger partial charge in [0.15, 0.2) is 11.5 Å². The van der Waals surface area contributed by atoms with Crippen LogP contribution in [0.1, 0.15) is 26.3 Å². The minimum Gasteiger partial charge on any atom is -0.508 e. The number of benzene rings is 2. The molecule has 0 aliphatic heterocycles. The van der Waals surface area contributed by atoms with E-state index in [4.69, 9.17) is 4.74 Å². The summed E-state index contributed by atoms with van der Waals surface area (Å²) in [6, 6.07) is 11.9. The summed E-state index contributed by atoms with van der Waals surface area (Å²) in [7, 11) is 0. The summed E-state index contributed by atoms with van der Waals surface area (Å²) in [5, 5.41) is 19.0. The highest BCUT2D eigenvalue weighted by molar-refractivity contribution is 5.46. The fourth-order valence-corrected chi connectivity index (χ4v) is 1.73. The van der Waals surface area contributed by atoms with Crippen LogP contribution in [0.25, 0.3) is 0 Å². The number of rotatable bonds is 2. The molecule has 0 bridgehead atoms. The van der Waals surface area contributed by atoms with Crippen LogP contribution in [-0.2, 0) is 5.41 Å². The summed E-state index contributed by atoms with van der Waals surface area (Å²) in [6.45, 7) is 6.43. The Labute approximate surface area is 113 Å². The molecule has 0 spiro atoms. The average molecular weight is 258 g/mol. The molecular weight excluding hydrogens is 240 g/mol. The third-order valence-electron chi connectivity index (χ3n) is 2.89. The van der Waals surface area contributed by atoms with Crippen LogP contribution in [0.2, 0.25) is 0 Å². The molecule has 3 nitrogen and oxygen atoms in total. The topological polar surface area (TPSA) is 49.7 Å². The number of phenolic OH excluding ortho intramolecular Hbond substituents is 2. The molecule has 0 aromatic heterocycles. The molecule has 2 N–H and O–H groups in total. The maximum atomic E-state index is 9.64. The van der Waals surface area contributed by atoms with Gasteiger partial charge in [-0.15, -0.1) is 0 Å². The lowest BCUT2D eigenvalue weighted by Gasteiger charge is -2.19. The number of hydrogen-bond acceptors (Lipinski definition) is 3. The Morgan fingerprint density at radius 3 is 2.11 bits per heavy atom. The summed E-state index contributed by atoms with van der Waals surface area (Å²) in [4.78, 5) is 0. The van der Waals surface area contributed by atoms with E-state index in [0.717, 1.165) is 0 Å². The van der Waals surface area contributed by atoms with Crippen molar-refractivity contribution in [1.29, 1.82) is 0 Å². The predicted molar refractivity (Wildman–Crippen MR) is 75.0 cm³/mol. The molecule has 0 fully saturated rings. The van der Waals surface area contributed by atoms with E-state index in [1.807, 2.05) is 24.3 Å². The number of ether oxygens (including phenoxy) is 1. The Kier molecular flexibility index (Phi) is 3.38. The van der Waals surface area contributed by atoms with Gasteiger partial charge >= 0.3 is 0 Å². The molecule has 0 saturated heterocycles. The molecule has 2 aromatic carbocycles. The quantitative estimate of drug-likeness (QED) is 0.794. The molecular formula is C16H18O3. The molecule has 0 aliphatic rings. The Balaban J connectivity index is 2.22. The second kappa shape index (κ2) is 4.84. The molecule has 0 atom stereocenters. The maximum Gasteiger partial charge on any atom is 0.172 e. The van der Waals surface area contributed by atoms with Crippen molar-refractivity contribution in [3.63, 3.8) is 0 Å². The maximum absolute atomic E-state index is 9.64. The van der Waals surface area contributed by atoms with E-state index in [0.29, 0.717) is 5.75 Å². The Bertz CT molecular complexity index is 566. The van der Waals surface area contributed by atoms with Gasteiger partial charge in [-0.1, -0.05) is 32.9 Å². The van der Waals surface area contributed by atoms with Gasteiger partial charge in [0, 0.05) is 6.07 Å². The van der Waals surface area contributed by atoms with Crippen LogP contribution in [0.4, 0.5) is 0 Å².